The molecule has 0 aliphatic carbocycles. The molecule has 0 unspecified atom stereocenters. The summed E-state index contributed by atoms with van der Waals surface area (Å²) >= 11 is 0. The third-order valence-corrected chi connectivity index (χ3v) is 2.03. The minimum atomic E-state index is -0.817. The standard InChI is InChI=1S/C14H22O7/c1-5-7-17-9-11(3)13(15)19-21-20-14(16)12(4)10-18-8-6-2/h9-10H,5-8H2,1-4H3. The van der Waals surface area contributed by atoms with Gasteiger partial charge in [0.05, 0.1) is 36.9 Å². The predicted octanol–water partition coefficient (Wildman–Crippen LogP) is 2.58. The van der Waals surface area contributed by atoms with Crippen LogP contribution in [0.15, 0.2) is 23.7 Å². The zero-order valence-electron chi connectivity index (χ0n) is 12.8. The molecule has 0 aliphatic heterocycles. The molecule has 120 valence electrons. The maximum atomic E-state index is 11.4. The number of ether oxygens (including phenoxy) is 2. The van der Waals surface area contributed by atoms with Gasteiger partial charge in [-0.25, -0.2) is 9.59 Å². The lowest BCUT2D eigenvalue weighted by Gasteiger charge is -2.04. The van der Waals surface area contributed by atoms with Gasteiger partial charge >= 0.3 is 11.9 Å². The van der Waals surface area contributed by atoms with Crippen molar-refractivity contribution in [2.75, 3.05) is 13.2 Å². The lowest BCUT2D eigenvalue weighted by molar-refractivity contribution is -0.456. The van der Waals surface area contributed by atoms with Crippen LogP contribution in [-0.2, 0) is 33.9 Å². The summed E-state index contributed by atoms with van der Waals surface area (Å²) in [5.74, 6) is -1.63. The van der Waals surface area contributed by atoms with Gasteiger partial charge in [0.2, 0.25) is 0 Å². The fourth-order valence-corrected chi connectivity index (χ4v) is 0.910. The maximum Gasteiger partial charge on any atom is 0.376 e. The van der Waals surface area contributed by atoms with E-state index in [0.29, 0.717) is 13.2 Å². The van der Waals surface area contributed by atoms with E-state index in [9.17, 15) is 9.59 Å². The summed E-state index contributed by atoms with van der Waals surface area (Å²) in [6.45, 7) is 7.80. The Morgan fingerprint density at radius 2 is 1.19 bits per heavy atom. The number of carbonyl (C=O) groups excluding carboxylic acids is 2. The molecule has 0 saturated heterocycles. The van der Waals surface area contributed by atoms with E-state index in [4.69, 9.17) is 9.47 Å². The second-order valence-corrected chi connectivity index (χ2v) is 4.15. The van der Waals surface area contributed by atoms with Crippen LogP contribution in [0.1, 0.15) is 40.5 Å². The van der Waals surface area contributed by atoms with E-state index in [0.717, 1.165) is 12.8 Å². The van der Waals surface area contributed by atoms with Crippen molar-refractivity contribution < 1.29 is 33.9 Å². The highest BCUT2D eigenvalue weighted by Crippen LogP contribution is 2.02. The first-order valence-electron chi connectivity index (χ1n) is 6.69. The first-order chi connectivity index (χ1) is 10.0. The number of carbonyl (C=O) groups is 2. The molecule has 0 aliphatic rings. The summed E-state index contributed by atoms with van der Waals surface area (Å²) in [5.41, 5.74) is 0.357. The molecule has 0 aromatic heterocycles. The quantitative estimate of drug-likeness (QED) is 0.202. The molecule has 0 saturated carbocycles. The van der Waals surface area contributed by atoms with Gasteiger partial charge in [0, 0.05) is 5.04 Å². The largest absolute Gasteiger partial charge is 0.501 e. The first-order valence-corrected chi connectivity index (χ1v) is 6.69. The Labute approximate surface area is 124 Å². The average molecular weight is 302 g/mol. The van der Waals surface area contributed by atoms with Gasteiger partial charge in [-0.2, -0.15) is 0 Å². The third kappa shape index (κ3) is 9.50. The molecular formula is C14H22O7. The van der Waals surface area contributed by atoms with E-state index < -0.39 is 11.9 Å². The van der Waals surface area contributed by atoms with Gasteiger partial charge in [0.15, 0.2) is 0 Å². The van der Waals surface area contributed by atoms with E-state index in [-0.39, 0.29) is 11.1 Å². The van der Waals surface area contributed by atoms with Crippen molar-refractivity contribution >= 4 is 11.9 Å². The van der Waals surface area contributed by atoms with Crippen LogP contribution >= 0.6 is 0 Å². The average Bonchev–Trinajstić information content (AvgIpc) is 2.47. The van der Waals surface area contributed by atoms with Gasteiger partial charge in [0.25, 0.3) is 0 Å². The van der Waals surface area contributed by atoms with Gasteiger partial charge in [-0.3, -0.25) is 9.78 Å². The second-order valence-electron chi connectivity index (χ2n) is 4.15. The van der Waals surface area contributed by atoms with E-state index in [2.05, 4.69) is 14.8 Å². The third-order valence-electron chi connectivity index (χ3n) is 2.03. The topological polar surface area (TPSA) is 80.3 Å². The Morgan fingerprint density at radius 3 is 1.52 bits per heavy atom. The molecule has 0 bridgehead atoms. The van der Waals surface area contributed by atoms with E-state index >= 15 is 0 Å². The SMILES string of the molecule is CCCOC=C(C)C(=O)OOOC(=O)C(C)=COCCC. The van der Waals surface area contributed by atoms with Gasteiger partial charge in [0.1, 0.15) is 0 Å². The smallest absolute Gasteiger partial charge is 0.376 e. The maximum absolute atomic E-state index is 11.4. The van der Waals surface area contributed by atoms with Crippen molar-refractivity contribution in [3.63, 3.8) is 0 Å². The number of hydrogen-bond donors (Lipinski definition) is 0. The van der Waals surface area contributed by atoms with E-state index in [1.807, 2.05) is 13.8 Å². The predicted molar refractivity (Wildman–Crippen MR) is 73.3 cm³/mol. The van der Waals surface area contributed by atoms with E-state index in [1.54, 1.807) is 0 Å². The summed E-state index contributed by atoms with van der Waals surface area (Å²) in [5, 5.41) is 4.12. The van der Waals surface area contributed by atoms with Crippen LogP contribution < -0.4 is 0 Å². The van der Waals surface area contributed by atoms with Gasteiger partial charge < -0.3 is 9.47 Å². The van der Waals surface area contributed by atoms with Gasteiger partial charge in [-0.1, -0.05) is 13.8 Å². The summed E-state index contributed by atoms with van der Waals surface area (Å²) in [6, 6.07) is 0. The fraction of sp³-hybridized carbons (Fsp3) is 0.571. The van der Waals surface area contributed by atoms with Crippen molar-refractivity contribution in [1.82, 2.24) is 0 Å². The summed E-state index contributed by atoms with van der Waals surface area (Å²) in [6.07, 6.45) is 4.14. The number of hydrogen-bond acceptors (Lipinski definition) is 7. The van der Waals surface area contributed by atoms with Gasteiger partial charge in [-0.15, -0.1) is 0 Å². The minimum Gasteiger partial charge on any atom is -0.501 e. The normalized spacial score (nSPS) is 11.8. The van der Waals surface area contributed by atoms with Crippen molar-refractivity contribution in [2.45, 2.75) is 40.5 Å². The van der Waals surface area contributed by atoms with Crippen molar-refractivity contribution in [1.29, 1.82) is 0 Å². The lowest BCUT2D eigenvalue weighted by atomic mass is 10.3. The molecule has 7 heteroatoms. The molecule has 0 aromatic carbocycles. The molecule has 0 amide bonds. The lowest BCUT2D eigenvalue weighted by Crippen LogP contribution is -2.12. The molecule has 0 atom stereocenters. The molecule has 0 heterocycles. The Bertz CT molecular complexity index is 349. The van der Waals surface area contributed by atoms with Gasteiger partial charge in [-0.05, 0) is 26.7 Å². The van der Waals surface area contributed by atoms with Crippen LogP contribution in [0.4, 0.5) is 0 Å². The van der Waals surface area contributed by atoms with Crippen LogP contribution in [0.3, 0.4) is 0 Å². The zero-order chi connectivity index (χ0) is 16.1. The first kappa shape index (κ1) is 19.0. The Hall–Kier alpha value is -2.02. The Morgan fingerprint density at radius 1 is 0.810 bits per heavy atom. The van der Waals surface area contributed by atoms with Crippen LogP contribution in [0.25, 0.3) is 0 Å². The molecule has 0 fully saturated rings. The second kappa shape index (κ2) is 11.8. The van der Waals surface area contributed by atoms with Crippen molar-refractivity contribution in [2.24, 2.45) is 0 Å². The van der Waals surface area contributed by atoms with Crippen LogP contribution in [0.5, 0.6) is 0 Å². The number of rotatable bonds is 10. The zero-order valence-corrected chi connectivity index (χ0v) is 12.8. The van der Waals surface area contributed by atoms with Crippen molar-refractivity contribution in [3.05, 3.63) is 23.7 Å². The molecular weight excluding hydrogens is 280 g/mol. The fourth-order valence-electron chi connectivity index (χ4n) is 0.910. The Kier molecular flexibility index (Phi) is 10.6. The molecule has 21 heavy (non-hydrogen) atoms. The molecule has 0 aromatic rings. The van der Waals surface area contributed by atoms with Crippen LogP contribution in [0.2, 0.25) is 0 Å². The highest BCUT2D eigenvalue weighted by atomic mass is 17.5. The molecule has 0 rings (SSSR count). The van der Waals surface area contributed by atoms with Crippen LogP contribution in [0, 0.1) is 0 Å². The molecule has 0 spiro atoms. The summed E-state index contributed by atoms with van der Waals surface area (Å²) in [7, 11) is 0. The minimum absolute atomic E-state index is 0.179. The highest BCUT2D eigenvalue weighted by molar-refractivity contribution is 5.87. The Balaban J connectivity index is 4.02. The van der Waals surface area contributed by atoms with Crippen LogP contribution in [-0.4, -0.2) is 25.2 Å². The summed E-state index contributed by atoms with van der Waals surface area (Å²) in [4.78, 5) is 31.3. The molecule has 7 nitrogen and oxygen atoms in total. The summed E-state index contributed by atoms with van der Waals surface area (Å²) < 4.78 is 10.1. The van der Waals surface area contributed by atoms with E-state index in [1.165, 1.54) is 26.4 Å². The molecule has 0 radical (unpaired) electrons. The molecule has 0 N–H and O–H groups in total. The van der Waals surface area contributed by atoms with Crippen molar-refractivity contribution in [3.8, 4) is 0 Å². The monoisotopic (exact) mass is 302 g/mol. The highest BCUT2D eigenvalue weighted by Gasteiger charge is 2.12.